The van der Waals surface area contributed by atoms with Crippen LogP contribution in [0, 0.1) is 0 Å². The molecule has 0 saturated carbocycles. The van der Waals surface area contributed by atoms with E-state index in [-0.39, 0.29) is 161 Å². The molecule has 0 rings (SSSR count). The van der Waals surface area contributed by atoms with Crippen molar-refractivity contribution in [2.75, 3.05) is 0 Å². The fourth-order valence-electron chi connectivity index (χ4n) is 0. The SMILES string of the molecule is O.O.[Cl-].[Cl-].[Cl-].[Cl-].[O-2].[O-2].[O-2].[O-2].[Zr+4].[Zr+4].[Zr+4]. The predicted octanol–water partition coefficient (Wildman–Crippen LogP) is -14.1. The van der Waals surface area contributed by atoms with Crippen LogP contribution in [0.1, 0.15) is 0 Å². The maximum Gasteiger partial charge on any atom is 4.00 e. The summed E-state index contributed by atoms with van der Waals surface area (Å²) in [6.45, 7) is 0. The van der Waals surface area contributed by atoms with Gasteiger partial charge in [-0.05, 0) is 0 Å². The van der Waals surface area contributed by atoms with E-state index in [1.165, 1.54) is 0 Å². The van der Waals surface area contributed by atoms with Gasteiger partial charge in [-0.1, -0.05) is 0 Å². The van der Waals surface area contributed by atoms with Crippen LogP contribution in [0.2, 0.25) is 0 Å². The van der Waals surface area contributed by atoms with Crippen LogP contribution in [0.15, 0.2) is 0 Å². The molecule has 0 unspecified atom stereocenters. The molecule has 0 fully saturated rings. The first kappa shape index (κ1) is 315. The van der Waals surface area contributed by atoms with Crippen molar-refractivity contribution in [2.45, 2.75) is 0 Å². The van der Waals surface area contributed by atoms with Crippen LogP contribution in [0.3, 0.4) is 0 Å². The standard InChI is InChI=1S/4ClH.2H2O.4O.3Zr/h4*1H;2*1H2;;;;;;;/q;;;;;;4*-2;3*+4/p-4. The zero-order valence-electron chi connectivity index (χ0n) is 5.64. The Bertz CT molecular complexity index is 19.8. The third kappa shape index (κ3) is 225. The predicted molar refractivity (Wildman–Crippen MR) is 9.97 cm³/mol. The summed E-state index contributed by atoms with van der Waals surface area (Å²) in [5, 5.41) is 0. The van der Waals surface area contributed by atoms with E-state index >= 15 is 0 Å². The van der Waals surface area contributed by atoms with Crippen molar-refractivity contribution >= 4 is 0 Å². The smallest absolute Gasteiger partial charge is 2.00 e. The molecule has 0 aliphatic heterocycles. The van der Waals surface area contributed by atoms with E-state index in [0.29, 0.717) is 0 Å². The van der Waals surface area contributed by atoms with Crippen LogP contribution in [0.25, 0.3) is 0 Å². The van der Waals surface area contributed by atoms with Gasteiger partial charge in [-0.2, -0.15) is 0 Å². The fourth-order valence-corrected chi connectivity index (χ4v) is 0. The average Bonchev–Trinajstić information content (AvgIpc) is 0. The molecular weight excluding hydrogens is 511 g/mol. The van der Waals surface area contributed by atoms with E-state index in [1.807, 2.05) is 0 Å². The molecule has 0 saturated heterocycles. The zero-order valence-corrected chi connectivity index (χ0v) is 16.0. The molecule has 0 heterocycles. The van der Waals surface area contributed by atoms with Crippen molar-refractivity contribution < 1.29 is 161 Å². The Labute approximate surface area is 159 Å². The Balaban J connectivity index is 0. The molecule has 0 aliphatic carbocycles. The van der Waals surface area contributed by atoms with Crippen LogP contribution in [0.5, 0.6) is 0 Å². The summed E-state index contributed by atoms with van der Waals surface area (Å²) in [4.78, 5) is 0. The van der Waals surface area contributed by atoms with Crippen molar-refractivity contribution in [2.24, 2.45) is 0 Å². The molecule has 0 amide bonds. The van der Waals surface area contributed by atoms with Crippen LogP contribution < -0.4 is 49.6 Å². The van der Waals surface area contributed by atoms with Gasteiger partial charge in [0, 0.05) is 0 Å². The van der Waals surface area contributed by atoms with E-state index in [4.69, 9.17) is 0 Å². The molecule has 0 aromatic rings. The molecule has 0 spiro atoms. The van der Waals surface area contributed by atoms with Crippen molar-refractivity contribution in [3.05, 3.63) is 0 Å². The zero-order chi connectivity index (χ0) is 0. The normalized spacial score (nSPS) is 0. The summed E-state index contributed by atoms with van der Waals surface area (Å²) >= 11 is 0. The summed E-state index contributed by atoms with van der Waals surface area (Å²) in [6, 6.07) is 0. The molecule has 13 heavy (non-hydrogen) atoms. The molecule has 0 aromatic carbocycles. The van der Waals surface area contributed by atoms with Crippen molar-refractivity contribution in [1.82, 2.24) is 0 Å². The van der Waals surface area contributed by atoms with E-state index in [2.05, 4.69) is 0 Å². The average molecular weight is 516 g/mol. The first-order chi connectivity index (χ1) is 0. The van der Waals surface area contributed by atoms with Gasteiger partial charge in [-0.15, -0.1) is 0 Å². The summed E-state index contributed by atoms with van der Waals surface area (Å²) in [6.07, 6.45) is 0. The Morgan fingerprint density at radius 1 is 0.308 bits per heavy atom. The topological polar surface area (TPSA) is 177 Å². The molecule has 80 valence electrons. The minimum absolute atomic E-state index is 0. The van der Waals surface area contributed by atoms with Crippen LogP contribution in [-0.2, 0) is 101 Å². The van der Waals surface area contributed by atoms with Gasteiger partial charge in [0.25, 0.3) is 0 Å². The van der Waals surface area contributed by atoms with Crippen LogP contribution in [0.4, 0.5) is 0 Å². The van der Waals surface area contributed by atoms with Gasteiger partial charge in [0.2, 0.25) is 0 Å². The van der Waals surface area contributed by atoms with E-state index < -0.39 is 0 Å². The van der Waals surface area contributed by atoms with Crippen molar-refractivity contribution in [1.29, 1.82) is 0 Å². The molecule has 0 radical (unpaired) electrons. The van der Waals surface area contributed by atoms with E-state index in [9.17, 15) is 0 Å². The number of hydrogen-bond donors (Lipinski definition) is 0. The minimum Gasteiger partial charge on any atom is -2.00 e. The third-order valence-electron chi connectivity index (χ3n) is 0. The largest absolute Gasteiger partial charge is 4.00 e. The van der Waals surface area contributed by atoms with Gasteiger partial charge < -0.3 is 82.5 Å². The van der Waals surface area contributed by atoms with E-state index in [0.717, 1.165) is 0 Å². The molecule has 0 aromatic heterocycles. The third-order valence-corrected chi connectivity index (χ3v) is 0. The molecule has 13 heteroatoms. The maximum atomic E-state index is 0. The summed E-state index contributed by atoms with van der Waals surface area (Å²) in [7, 11) is 0. The molecule has 0 aliphatic rings. The van der Waals surface area contributed by atoms with Crippen molar-refractivity contribution in [3.63, 3.8) is 0 Å². The van der Waals surface area contributed by atoms with Gasteiger partial charge in [-0.25, -0.2) is 0 Å². The molecular formula is H4Cl4O6Zr3. The van der Waals surface area contributed by atoms with Gasteiger partial charge in [0.05, 0.1) is 0 Å². The number of hydrogen-bond acceptors (Lipinski definition) is 0. The Hall–Kier alpha value is 3.57. The quantitative estimate of drug-likeness (QED) is 0.298. The van der Waals surface area contributed by atoms with Gasteiger partial charge in [-0.3, -0.25) is 0 Å². The number of rotatable bonds is 0. The van der Waals surface area contributed by atoms with Crippen LogP contribution >= 0.6 is 0 Å². The van der Waals surface area contributed by atoms with E-state index in [1.54, 1.807) is 0 Å². The number of halogens is 4. The second-order valence-electron chi connectivity index (χ2n) is 0. The summed E-state index contributed by atoms with van der Waals surface area (Å²) in [5.74, 6) is 0. The summed E-state index contributed by atoms with van der Waals surface area (Å²) < 4.78 is 0. The van der Waals surface area contributed by atoms with Gasteiger partial charge >= 0.3 is 78.6 Å². The monoisotopic (exact) mass is 510 g/mol. The Kier molecular flexibility index (Phi) is 6290. The summed E-state index contributed by atoms with van der Waals surface area (Å²) in [5.41, 5.74) is 0. The van der Waals surface area contributed by atoms with Crippen LogP contribution in [-0.4, -0.2) is 11.0 Å². The van der Waals surface area contributed by atoms with Gasteiger partial charge in [0.15, 0.2) is 0 Å². The minimum atomic E-state index is 0. The van der Waals surface area contributed by atoms with Crippen molar-refractivity contribution in [3.8, 4) is 0 Å². The Morgan fingerprint density at radius 2 is 0.308 bits per heavy atom. The maximum absolute atomic E-state index is 0. The second-order valence-corrected chi connectivity index (χ2v) is 0. The fraction of sp³-hybridized carbons (Fsp3) is 0. The first-order valence-corrected chi connectivity index (χ1v) is 0. The molecule has 0 atom stereocenters. The molecule has 6 nitrogen and oxygen atoms in total. The Morgan fingerprint density at radius 3 is 0.308 bits per heavy atom. The molecule has 0 bridgehead atoms. The molecule has 4 N–H and O–H groups in total. The second kappa shape index (κ2) is 259. The first-order valence-electron chi connectivity index (χ1n) is 0. The van der Waals surface area contributed by atoms with Gasteiger partial charge in [0.1, 0.15) is 0 Å².